The van der Waals surface area contributed by atoms with Crippen LogP contribution < -0.4 is 0 Å². The van der Waals surface area contributed by atoms with E-state index in [1.54, 1.807) is 7.11 Å². The second-order valence-electron chi connectivity index (χ2n) is 20.0. The van der Waals surface area contributed by atoms with E-state index in [1.165, 1.54) is 0 Å². The van der Waals surface area contributed by atoms with Gasteiger partial charge in [-0.25, -0.2) is 0 Å². The maximum atomic E-state index is 7.63. The van der Waals surface area contributed by atoms with Gasteiger partial charge in [0.2, 0.25) is 0 Å². The van der Waals surface area contributed by atoms with E-state index in [9.17, 15) is 0 Å². The number of rotatable bonds is 19. The predicted molar refractivity (Wildman–Crippen MR) is 261 cm³/mol. The first-order chi connectivity index (χ1) is 32.9. The molecule has 0 saturated carbocycles. The molecule has 3 heterocycles. The first kappa shape index (κ1) is 50.3. The van der Waals surface area contributed by atoms with Crippen LogP contribution in [-0.4, -0.2) is 90.3 Å². The molecule has 3 fully saturated rings. The van der Waals surface area contributed by atoms with Crippen LogP contribution in [0.4, 0.5) is 0 Å². The molecule has 0 radical (unpaired) electrons. The molecule has 0 N–H and O–H groups in total. The molecule has 3 saturated heterocycles. The molecule has 5 aromatic carbocycles. The van der Waals surface area contributed by atoms with Gasteiger partial charge in [-0.1, -0.05) is 193 Å². The van der Waals surface area contributed by atoms with Crippen molar-refractivity contribution >= 4 is 8.56 Å². The van der Waals surface area contributed by atoms with Crippen molar-refractivity contribution in [3.63, 3.8) is 0 Å². The van der Waals surface area contributed by atoms with Gasteiger partial charge < -0.3 is 51.5 Å². The zero-order chi connectivity index (χ0) is 47.6. The molecule has 0 spiro atoms. The molecule has 364 valence electrons. The summed E-state index contributed by atoms with van der Waals surface area (Å²) < 4.78 is 76.3. The molecule has 3 aliphatic heterocycles. The Hall–Kier alpha value is -4.12. The molecule has 2 bridgehead atoms. The zero-order valence-electron chi connectivity index (χ0n) is 40.6. The van der Waals surface area contributed by atoms with E-state index in [-0.39, 0.29) is 29.9 Å². The number of ether oxygens (including phenoxy) is 9. The van der Waals surface area contributed by atoms with Gasteiger partial charge >= 0.3 is 8.56 Å². The van der Waals surface area contributed by atoms with Crippen molar-refractivity contribution in [3.8, 4) is 0 Å². The molecule has 0 aromatic heterocycles. The minimum Gasteiger partial charge on any atom is -0.391 e. The van der Waals surface area contributed by atoms with Gasteiger partial charge in [0.1, 0.15) is 48.8 Å². The van der Waals surface area contributed by atoms with Crippen molar-refractivity contribution in [3.05, 3.63) is 179 Å². The minimum atomic E-state index is -3.15. The molecule has 0 unspecified atom stereocenters. The van der Waals surface area contributed by atoms with Gasteiger partial charge in [0, 0.05) is 17.2 Å². The normalized spacial score (nSPS) is 27.3. The van der Waals surface area contributed by atoms with Crippen LogP contribution >= 0.6 is 0 Å². The molecule has 11 nitrogen and oxygen atoms in total. The van der Waals surface area contributed by atoms with Gasteiger partial charge in [0.25, 0.3) is 0 Å². The molecule has 10 atom stereocenters. The number of fused-ring (bicyclic) bond motifs is 2. The Morgan fingerprint density at radius 3 is 1.24 bits per heavy atom. The van der Waals surface area contributed by atoms with Gasteiger partial charge in [-0.2, -0.15) is 0 Å². The van der Waals surface area contributed by atoms with Crippen LogP contribution in [0.2, 0.25) is 10.1 Å². The average Bonchev–Trinajstić information content (AvgIpc) is 3.47. The SMILES string of the molecule is CO[C@H]1O[C@H](CO[C@H]2O[C@@H]3CO[Si](C(C)(C)C)(C(C)(C)C)O[C@H]([C@@H]2OCc2ccccc2)[C@@H]3OCc2ccccc2)[C@@H](OCc2ccccc2)[C@H](OCc2ccccc2)[C@H]1OCc1ccccc1. The summed E-state index contributed by atoms with van der Waals surface area (Å²) in [5.74, 6) is 0. The first-order valence-electron chi connectivity index (χ1n) is 24.0. The third-order valence-electron chi connectivity index (χ3n) is 13.0. The highest BCUT2D eigenvalue weighted by atomic mass is 28.4. The molecule has 0 amide bonds. The molecule has 5 aromatic rings. The smallest absolute Gasteiger partial charge is 0.349 e. The minimum absolute atomic E-state index is 0.0305. The maximum Gasteiger partial charge on any atom is 0.349 e. The lowest BCUT2D eigenvalue weighted by atomic mass is 9.97. The van der Waals surface area contributed by atoms with Crippen molar-refractivity contribution in [2.45, 2.75) is 146 Å². The largest absolute Gasteiger partial charge is 0.391 e. The van der Waals surface area contributed by atoms with E-state index in [0.717, 1.165) is 27.8 Å². The molecule has 68 heavy (non-hydrogen) atoms. The van der Waals surface area contributed by atoms with Crippen molar-refractivity contribution in [1.29, 1.82) is 0 Å². The lowest BCUT2D eigenvalue weighted by Crippen LogP contribution is -2.65. The van der Waals surface area contributed by atoms with E-state index in [0.29, 0.717) is 26.4 Å². The van der Waals surface area contributed by atoms with Crippen LogP contribution in [0.25, 0.3) is 0 Å². The Labute approximate surface area is 404 Å². The number of hydrogen-bond donors (Lipinski definition) is 0. The molecule has 8 rings (SSSR count). The topological polar surface area (TPSA) is 102 Å². The summed E-state index contributed by atoms with van der Waals surface area (Å²) in [7, 11) is -1.53. The summed E-state index contributed by atoms with van der Waals surface area (Å²) in [6.45, 7) is 15.1. The van der Waals surface area contributed by atoms with Crippen molar-refractivity contribution in [2.24, 2.45) is 0 Å². The standard InChI is InChI=1S/C56H70O11Si/c1-55(2,3)68(56(4,5)6)64-39-46-48(59-34-41-25-15-9-16-26-41)50(67-68)52(62-37-44-31-21-12-22-32-44)54(66-46)63-38-45-47(58-33-40-23-13-8-14-24-40)49(60-35-42-27-17-10-18-28-42)51(53(57-7)65-45)61-36-43-29-19-11-20-30-43/h8-32,45-54H,33-39H2,1-7H3/t45-,46-,47-,48-,49+,50+,51-,52+,53+,54+/m1/s1. The van der Waals surface area contributed by atoms with Crippen LogP contribution in [-0.2, 0) is 84.5 Å². The lowest BCUT2D eigenvalue weighted by molar-refractivity contribution is -0.344. The summed E-state index contributed by atoms with van der Waals surface area (Å²) in [5.41, 5.74) is 5.07. The van der Waals surface area contributed by atoms with Gasteiger partial charge in [-0.3, -0.25) is 0 Å². The monoisotopic (exact) mass is 946 g/mol. The maximum absolute atomic E-state index is 7.63. The lowest BCUT2D eigenvalue weighted by Gasteiger charge is -2.51. The van der Waals surface area contributed by atoms with E-state index < -0.39 is 70.0 Å². The average molecular weight is 947 g/mol. The van der Waals surface area contributed by atoms with Crippen molar-refractivity contribution < 1.29 is 51.5 Å². The van der Waals surface area contributed by atoms with Crippen LogP contribution in [0.3, 0.4) is 0 Å². The summed E-state index contributed by atoms with van der Waals surface area (Å²) in [6.07, 6.45) is -6.91. The summed E-state index contributed by atoms with van der Waals surface area (Å²) in [4.78, 5) is 0. The fourth-order valence-corrected chi connectivity index (χ4v) is 14.7. The Kier molecular flexibility index (Phi) is 17.1. The van der Waals surface area contributed by atoms with Crippen molar-refractivity contribution in [1.82, 2.24) is 0 Å². The summed E-state index contributed by atoms with van der Waals surface area (Å²) in [6, 6.07) is 50.5. The highest BCUT2D eigenvalue weighted by molar-refractivity contribution is 6.73. The van der Waals surface area contributed by atoms with Gasteiger partial charge in [0.05, 0.1) is 46.2 Å². The van der Waals surface area contributed by atoms with Crippen LogP contribution in [0, 0.1) is 0 Å². The molecular weight excluding hydrogens is 877 g/mol. The predicted octanol–water partition coefficient (Wildman–Crippen LogP) is 10.5. The van der Waals surface area contributed by atoms with E-state index in [4.69, 9.17) is 51.5 Å². The highest BCUT2D eigenvalue weighted by Crippen LogP contribution is 2.55. The third kappa shape index (κ3) is 12.2. The molecule has 3 aliphatic rings. The number of methoxy groups -OCH3 is 1. The third-order valence-corrected chi connectivity index (χ3v) is 18.1. The second kappa shape index (κ2) is 23.2. The Bertz CT molecular complexity index is 2210. The highest BCUT2D eigenvalue weighted by Gasteiger charge is 2.65. The first-order valence-corrected chi connectivity index (χ1v) is 25.8. The van der Waals surface area contributed by atoms with Crippen LogP contribution in [0.15, 0.2) is 152 Å². The van der Waals surface area contributed by atoms with Gasteiger partial charge in [0.15, 0.2) is 12.6 Å². The van der Waals surface area contributed by atoms with Crippen LogP contribution in [0.5, 0.6) is 0 Å². The van der Waals surface area contributed by atoms with Gasteiger partial charge in [-0.15, -0.1) is 0 Å². The van der Waals surface area contributed by atoms with E-state index >= 15 is 0 Å². The summed E-state index contributed by atoms with van der Waals surface area (Å²) in [5, 5.41) is -0.676. The Balaban J connectivity index is 1.13. The second-order valence-corrected chi connectivity index (χ2v) is 24.7. The fraction of sp³-hybridized carbons (Fsp3) is 0.464. The zero-order valence-corrected chi connectivity index (χ0v) is 41.6. The number of benzene rings is 5. The van der Waals surface area contributed by atoms with Crippen molar-refractivity contribution in [2.75, 3.05) is 20.3 Å². The quantitative estimate of drug-likeness (QED) is 0.0740. The Morgan fingerprint density at radius 1 is 0.441 bits per heavy atom. The van der Waals surface area contributed by atoms with Crippen LogP contribution in [0.1, 0.15) is 69.4 Å². The van der Waals surface area contributed by atoms with Gasteiger partial charge in [-0.05, 0) is 27.8 Å². The number of hydrogen-bond acceptors (Lipinski definition) is 11. The molecule has 12 heteroatoms. The fourth-order valence-electron chi connectivity index (χ4n) is 9.79. The molecular formula is C56H70O11Si. The Morgan fingerprint density at radius 2 is 0.824 bits per heavy atom. The summed E-state index contributed by atoms with van der Waals surface area (Å²) >= 11 is 0. The van der Waals surface area contributed by atoms with E-state index in [2.05, 4.69) is 53.7 Å². The molecule has 0 aliphatic carbocycles. The van der Waals surface area contributed by atoms with E-state index in [1.807, 2.05) is 140 Å².